The Labute approximate surface area is 195 Å². The third kappa shape index (κ3) is 6.37. The van der Waals surface area contributed by atoms with Crippen molar-refractivity contribution in [2.24, 2.45) is 0 Å². The Morgan fingerprint density at radius 2 is 1.82 bits per heavy atom. The van der Waals surface area contributed by atoms with Gasteiger partial charge in [0.25, 0.3) is 0 Å². The summed E-state index contributed by atoms with van der Waals surface area (Å²) >= 11 is 0. The molecule has 1 aliphatic carbocycles. The topological polar surface area (TPSA) is 79.4 Å². The van der Waals surface area contributed by atoms with Crippen LogP contribution in [0, 0.1) is 6.92 Å². The van der Waals surface area contributed by atoms with Crippen LogP contribution in [0.1, 0.15) is 35.1 Å². The molecular weight excluding hydrogens is 434 g/mol. The summed E-state index contributed by atoms with van der Waals surface area (Å²) in [5.41, 5.74) is 3.92. The van der Waals surface area contributed by atoms with Gasteiger partial charge in [0.05, 0.1) is 4.90 Å². The van der Waals surface area contributed by atoms with Gasteiger partial charge in [-0.25, -0.2) is 13.1 Å². The normalized spacial score (nSPS) is 13.8. The van der Waals surface area contributed by atoms with Crippen molar-refractivity contribution in [3.8, 4) is 0 Å². The highest BCUT2D eigenvalue weighted by Crippen LogP contribution is 2.22. The van der Waals surface area contributed by atoms with E-state index in [2.05, 4.69) is 9.71 Å². The molecule has 33 heavy (non-hydrogen) atoms. The molecule has 1 saturated carbocycles. The fraction of sp³-hybridized carbons (Fsp3) is 0.231. The molecule has 0 bridgehead atoms. The van der Waals surface area contributed by atoms with E-state index in [1.54, 1.807) is 47.6 Å². The maximum absolute atomic E-state index is 13.1. The van der Waals surface area contributed by atoms with E-state index in [0.717, 1.165) is 35.1 Å². The van der Waals surface area contributed by atoms with Crippen LogP contribution in [-0.4, -0.2) is 30.3 Å². The Kier molecular flexibility index (Phi) is 7.01. The fourth-order valence-electron chi connectivity index (χ4n) is 3.44. The van der Waals surface area contributed by atoms with Crippen molar-refractivity contribution in [3.63, 3.8) is 0 Å². The van der Waals surface area contributed by atoms with Crippen LogP contribution in [0.4, 0.5) is 0 Å². The number of hydrogen-bond donors (Lipinski definition) is 1. The van der Waals surface area contributed by atoms with E-state index in [9.17, 15) is 13.2 Å². The minimum atomic E-state index is -3.49. The van der Waals surface area contributed by atoms with Crippen molar-refractivity contribution in [2.75, 3.05) is 0 Å². The molecule has 2 aromatic carbocycles. The molecule has 1 amide bonds. The number of sulfonamides is 1. The first-order valence-electron chi connectivity index (χ1n) is 10.9. The lowest BCUT2D eigenvalue weighted by Crippen LogP contribution is -2.28. The average Bonchev–Trinajstić information content (AvgIpc) is 3.63. The maximum Gasteiger partial charge on any atom is 0.247 e. The summed E-state index contributed by atoms with van der Waals surface area (Å²) in [7, 11) is -3.49. The first kappa shape index (κ1) is 22.9. The van der Waals surface area contributed by atoms with Gasteiger partial charge in [-0.15, -0.1) is 0 Å². The lowest BCUT2D eigenvalue weighted by molar-refractivity contribution is -0.127. The molecule has 170 valence electrons. The van der Waals surface area contributed by atoms with E-state index in [-0.39, 0.29) is 16.8 Å². The largest absolute Gasteiger partial charge is 0.330 e. The van der Waals surface area contributed by atoms with E-state index in [1.807, 2.05) is 43.3 Å². The van der Waals surface area contributed by atoms with Gasteiger partial charge in [0, 0.05) is 37.6 Å². The number of nitrogens with zero attached hydrogens (tertiary/aromatic N) is 2. The number of nitrogens with one attached hydrogen (secondary N) is 1. The molecule has 0 aliphatic heterocycles. The molecule has 3 aromatic rings. The van der Waals surface area contributed by atoms with Crippen molar-refractivity contribution < 1.29 is 13.2 Å². The number of hydrogen-bond acceptors (Lipinski definition) is 4. The first-order valence-corrected chi connectivity index (χ1v) is 12.4. The highest BCUT2D eigenvalue weighted by molar-refractivity contribution is 7.89. The summed E-state index contributed by atoms with van der Waals surface area (Å²) in [6, 6.07) is 18.4. The number of rotatable bonds is 9. The van der Waals surface area contributed by atoms with E-state index < -0.39 is 10.0 Å². The van der Waals surface area contributed by atoms with Crippen molar-refractivity contribution in [2.45, 2.75) is 43.8 Å². The molecule has 7 heteroatoms. The predicted octanol–water partition coefficient (Wildman–Crippen LogP) is 4.07. The molecule has 0 saturated heterocycles. The van der Waals surface area contributed by atoms with E-state index in [4.69, 9.17) is 0 Å². The van der Waals surface area contributed by atoms with E-state index in [1.165, 1.54) is 6.08 Å². The Hall–Kier alpha value is -3.29. The van der Waals surface area contributed by atoms with Gasteiger partial charge in [-0.2, -0.15) is 0 Å². The van der Waals surface area contributed by atoms with E-state index >= 15 is 0 Å². The monoisotopic (exact) mass is 461 g/mol. The van der Waals surface area contributed by atoms with Crippen LogP contribution in [0.5, 0.6) is 0 Å². The smallest absolute Gasteiger partial charge is 0.247 e. The van der Waals surface area contributed by atoms with Crippen molar-refractivity contribution >= 4 is 22.0 Å². The Morgan fingerprint density at radius 3 is 2.48 bits per heavy atom. The first-order chi connectivity index (χ1) is 15.9. The van der Waals surface area contributed by atoms with Crippen LogP contribution in [0.25, 0.3) is 6.08 Å². The molecule has 0 unspecified atom stereocenters. The maximum atomic E-state index is 13.1. The quantitative estimate of drug-likeness (QED) is 0.487. The molecule has 1 aliphatic rings. The number of pyridine rings is 1. The average molecular weight is 462 g/mol. The van der Waals surface area contributed by atoms with Gasteiger partial charge < -0.3 is 4.90 Å². The van der Waals surface area contributed by atoms with Gasteiger partial charge in [-0.1, -0.05) is 42.5 Å². The van der Waals surface area contributed by atoms with Crippen LogP contribution >= 0.6 is 0 Å². The highest BCUT2D eigenvalue weighted by Gasteiger charge is 2.27. The molecule has 1 heterocycles. The van der Waals surface area contributed by atoms with Gasteiger partial charge >= 0.3 is 0 Å². The lowest BCUT2D eigenvalue weighted by Gasteiger charge is -2.22. The van der Waals surface area contributed by atoms with Crippen LogP contribution in [-0.2, 0) is 27.9 Å². The second-order valence-corrected chi connectivity index (χ2v) is 9.99. The number of amides is 1. The molecule has 1 N–H and O–H groups in total. The Morgan fingerprint density at radius 1 is 1.06 bits per heavy atom. The molecule has 0 spiro atoms. The van der Waals surface area contributed by atoms with Crippen molar-refractivity contribution in [3.05, 3.63) is 101 Å². The minimum absolute atomic E-state index is 0.0613. The molecule has 1 fully saturated rings. The third-order valence-electron chi connectivity index (χ3n) is 5.54. The summed E-state index contributed by atoms with van der Waals surface area (Å²) in [5.74, 6) is -0.130. The minimum Gasteiger partial charge on any atom is -0.330 e. The molecular formula is C26H27N3O3S. The summed E-state index contributed by atoms with van der Waals surface area (Å²) in [5, 5.41) is 0. The summed E-state index contributed by atoms with van der Waals surface area (Å²) in [6.45, 7) is 2.95. The predicted molar refractivity (Wildman–Crippen MR) is 128 cm³/mol. The molecule has 0 radical (unpaired) electrons. The van der Waals surface area contributed by atoms with Gasteiger partial charge in [0.1, 0.15) is 0 Å². The standard InChI is InChI=1S/C26H27N3O3S/c1-20-5-2-3-7-23(20)19-29(18-22-6-4-16-27-17-22)26(30)15-10-21-8-13-25(14-9-21)33(31,32)28-24-11-12-24/h2-10,13-17,24,28H,11-12,18-19H2,1H3/b15-10+. The zero-order valence-corrected chi connectivity index (χ0v) is 19.3. The van der Waals surface area contributed by atoms with Crippen molar-refractivity contribution in [1.29, 1.82) is 0 Å². The number of benzene rings is 2. The SMILES string of the molecule is Cc1ccccc1CN(Cc1cccnc1)C(=O)/C=C/c1ccc(S(=O)(=O)NC2CC2)cc1. The summed E-state index contributed by atoms with van der Waals surface area (Å²) in [6.07, 6.45) is 8.49. The van der Waals surface area contributed by atoms with Crippen LogP contribution < -0.4 is 4.72 Å². The fourth-order valence-corrected chi connectivity index (χ4v) is 4.74. The summed E-state index contributed by atoms with van der Waals surface area (Å²) in [4.78, 5) is 19.3. The number of aryl methyl sites for hydroxylation is 1. The second-order valence-electron chi connectivity index (χ2n) is 8.28. The Bertz CT molecular complexity index is 1240. The van der Waals surface area contributed by atoms with Gasteiger partial charge in [0.15, 0.2) is 0 Å². The zero-order chi connectivity index (χ0) is 23.3. The summed E-state index contributed by atoms with van der Waals surface area (Å²) < 4.78 is 27.3. The third-order valence-corrected chi connectivity index (χ3v) is 7.07. The molecule has 0 atom stereocenters. The van der Waals surface area contributed by atoms with Crippen molar-refractivity contribution in [1.82, 2.24) is 14.6 Å². The van der Waals surface area contributed by atoms with E-state index in [0.29, 0.717) is 13.1 Å². The number of carbonyl (C=O) groups excluding carboxylic acids is 1. The highest BCUT2D eigenvalue weighted by atomic mass is 32.2. The molecule has 6 nitrogen and oxygen atoms in total. The lowest BCUT2D eigenvalue weighted by atomic mass is 10.1. The molecule has 1 aromatic heterocycles. The number of aromatic nitrogens is 1. The zero-order valence-electron chi connectivity index (χ0n) is 18.5. The van der Waals surface area contributed by atoms with Gasteiger partial charge in [0.2, 0.25) is 15.9 Å². The molecule has 4 rings (SSSR count). The van der Waals surface area contributed by atoms with Gasteiger partial charge in [-0.3, -0.25) is 9.78 Å². The van der Waals surface area contributed by atoms with Gasteiger partial charge in [-0.05, 0) is 66.3 Å². The Balaban J connectivity index is 1.49. The van der Waals surface area contributed by atoms with Crippen LogP contribution in [0.15, 0.2) is 84.0 Å². The van der Waals surface area contributed by atoms with Crippen LogP contribution in [0.3, 0.4) is 0 Å². The van der Waals surface area contributed by atoms with Crippen LogP contribution in [0.2, 0.25) is 0 Å². The number of carbonyl (C=O) groups is 1. The second kappa shape index (κ2) is 10.1.